The van der Waals surface area contributed by atoms with Gasteiger partial charge in [0.25, 0.3) is 0 Å². The summed E-state index contributed by atoms with van der Waals surface area (Å²) in [5.41, 5.74) is 3.67. The molecule has 7 heteroatoms. The second kappa shape index (κ2) is 12.8. The SMILES string of the molecule is CCCCCCOC(=O)CCNc1cc(N2CCc3ccccc3CC2)nc(-c2cccnc2)n1. The summed E-state index contributed by atoms with van der Waals surface area (Å²) in [6.07, 6.45) is 10.2. The molecule has 0 saturated heterocycles. The molecule has 0 saturated carbocycles. The molecule has 1 aromatic carbocycles. The smallest absolute Gasteiger partial charge is 0.307 e. The minimum Gasteiger partial charge on any atom is -0.466 e. The monoisotopic (exact) mass is 473 g/mol. The second-order valence-corrected chi connectivity index (χ2v) is 8.89. The molecular weight excluding hydrogens is 438 g/mol. The molecule has 0 unspecified atom stereocenters. The van der Waals surface area contributed by atoms with E-state index >= 15 is 0 Å². The van der Waals surface area contributed by atoms with Crippen LogP contribution >= 0.6 is 0 Å². The normalized spacial score (nSPS) is 13.1. The zero-order valence-corrected chi connectivity index (χ0v) is 20.6. The molecule has 35 heavy (non-hydrogen) atoms. The minimum absolute atomic E-state index is 0.180. The summed E-state index contributed by atoms with van der Waals surface area (Å²) in [6, 6.07) is 14.5. The lowest BCUT2D eigenvalue weighted by molar-refractivity contribution is -0.143. The Morgan fingerprint density at radius 1 is 1.03 bits per heavy atom. The number of pyridine rings is 1. The number of nitrogens with one attached hydrogen (secondary N) is 1. The Hall–Kier alpha value is -3.48. The Kier molecular flexibility index (Phi) is 9.04. The molecule has 0 radical (unpaired) electrons. The van der Waals surface area contributed by atoms with E-state index in [0.717, 1.165) is 50.2 Å². The van der Waals surface area contributed by atoms with Crippen molar-refractivity contribution in [1.82, 2.24) is 15.0 Å². The van der Waals surface area contributed by atoms with Crippen LogP contribution in [0.25, 0.3) is 11.4 Å². The van der Waals surface area contributed by atoms with Crippen LogP contribution in [0.2, 0.25) is 0 Å². The molecule has 3 heterocycles. The lowest BCUT2D eigenvalue weighted by Crippen LogP contribution is -2.27. The number of benzene rings is 1. The Labute approximate surface area is 208 Å². The minimum atomic E-state index is -0.180. The fourth-order valence-electron chi connectivity index (χ4n) is 4.29. The summed E-state index contributed by atoms with van der Waals surface area (Å²) in [6.45, 7) is 4.91. The number of ether oxygens (including phenoxy) is 1. The Bertz CT molecular complexity index is 1060. The molecule has 7 nitrogen and oxygen atoms in total. The zero-order valence-electron chi connectivity index (χ0n) is 20.6. The van der Waals surface area contributed by atoms with Crippen LogP contribution in [0.15, 0.2) is 54.9 Å². The first-order chi connectivity index (χ1) is 17.2. The van der Waals surface area contributed by atoms with Crippen LogP contribution in [-0.4, -0.2) is 47.2 Å². The molecule has 1 aliphatic heterocycles. The van der Waals surface area contributed by atoms with Crippen LogP contribution < -0.4 is 10.2 Å². The first-order valence-corrected chi connectivity index (χ1v) is 12.7. The average Bonchev–Trinajstić information content (AvgIpc) is 3.12. The lowest BCUT2D eigenvalue weighted by Gasteiger charge is -2.22. The summed E-state index contributed by atoms with van der Waals surface area (Å²) in [7, 11) is 0. The van der Waals surface area contributed by atoms with Crippen molar-refractivity contribution in [3.8, 4) is 11.4 Å². The van der Waals surface area contributed by atoms with Gasteiger partial charge in [0.05, 0.1) is 13.0 Å². The Balaban J connectivity index is 1.42. The molecule has 0 bridgehead atoms. The Morgan fingerprint density at radius 3 is 2.54 bits per heavy atom. The van der Waals surface area contributed by atoms with Gasteiger partial charge in [0.1, 0.15) is 11.6 Å². The van der Waals surface area contributed by atoms with Gasteiger partial charge in [0, 0.05) is 43.7 Å². The molecule has 0 atom stereocenters. The van der Waals surface area contributed by atoms with E-state index < -0.39 is 0 Å². The van der Waals surface area contributed by atoms with Crippen LogP contribution in [0.4, 0.5) is 11.6 Å². The van der Waals surface area contributed by atoms with E-state index in [1.807, 2.05) is 18.2 Å². The van der Waals surface area contributed by atoms with Gasteiger partial charge in [-0.15, -0.1) is 0 Å². The predicted molar refractivity (Wildman–Crippen MR) is 140 cm³/mol. The van der Waals surface area contributed by atoms with Gasteiger partial charge in [-0.1, -0.05) is 50.5 Å². The number of hydrogen-bond donors (Lipinski definition) is 1. The van der Waals surface area contributed by atoms with Crippen LogP contribution in [0.5, 0.6) is 0 Å². The van der Waals surface area contributed by atoms with E-state index in [2.05, 4.69) is 46.4 Å². The topological polar surface area (TPSA) is 80.2 Å². The molecule has 0 fully saturated rings. The number of carbonyl (C=O) groups excluding carboxylic acids is 1. The van der Waals surface area contributed by atoms with Crippen molar-refractivity contribution in [3.05, 3.63) is 66.0 Å². The van der Waals surface area contributed by atoms with E-state index in [4.69, 9.17) is 14.7 Å². The third-order valence-corrected chi connectivity index (χ3v) is 6.27. The lowest BCUT2D eigenvalue weighted by atomic mass is 10.0. The maximum absolute atomic E-state index is 12.1. The van der Waals surface area contributed by atoms with Crippen LogP contribution in [0.3, 0.4) is 0 Å². The first-order valence-electron chi connectivity index (χ1n) is 12.7. The summed E-state index contributed by atoms with van der Waals surface area (Å²) in [4.78, 5) is 28.2. The van der Waals surface area contributed by atoms with Crippen molar-refractivity contribution < 1.29 is 9.53 Å². The number of anilines is 2. The highest BCUT2D eigenvalue weighted by atomic mass is 16.5. The van der Waals surface area contributed by atoms with Crippen molar-refractivity contribution in [2.45, 2.75) is 51.9 Å². The van der Waals surface area contributed by atoms with E-state index in [0.29, 0.717) is 31.2 Å². The largest absolute Gasteiger partial charge is 0.466 e. The average molecular weight is 474 g/mol. The van der Waals surface area contributed by atoms with Gasteiger partial charge in [0.2, 0.25) is 0 Å². The molecule has 0 aliphatic carbocycles. The highest BCUT2D eigenvalue weighted by Gasteiger charge is 2.17. The maximum Gasteiger partial charge on any atom is 0.307 e. The van der Waals surface area contributed by atoms with Crippen molar-refractivity contribution in [2.24, 2.45) is 0 Å². The third kappa shape index (κ3) is 7.25. The van der Waals surface area contributed by atoms with Crippen molar-refractivity contribution in [3.63, 3.8) is 0 Å². The zero-order chi connectivity index (χ0) is 24.3. The van der Waals surface area contributed by atoms with Gasteiger partial charge in [-0.3, -0.25) is 9.78 Å². The number of aromatic nitrogens is 3. The number of unbranched alkanes of at least 4 members (excludes halogenated alkanes) is 3. The standard InChI is InChI=1S/C28H35N5O2/c1-2-3-4-7-19-35-27(34)12-16-30-25-20-26(32-28(31-25)24-11-8-15-29-21-24)33-17-13-22-9-5-6-10-23(22)14-18-33/h5-6,8-11,15,20-21H,2-4,7,12-14,16-19H2,1H3,(H,30,31,32). The number of fused-ring (bicyclic) bond motifs is 1. The molecule has 1 N–H and O–H groups in total. The molecular formula is C28H35N5O2. The molecule has 1 aliphatic rings. The number of rotatable bonds is 11. The quantitative estimate of drug-likeness (QED) is 0.308. The fourth-order valence-corrected chi connectivity index (χ4v) is 4.29. The predicted octanol–water partition coefficient (Wildman–Crippen LogP) is 5.07. The number of hydrogen-bond acceptors (Lipinski definition) is 7. The molecule has 0 spiro atoms. The summed E-state index contributed by atoms with van der Waals surface area (Å²) >= 11 is 0. The van der Waals surface area contributed by atoms with E-state index in [1.54, 1.807) is 12.4 Å². The highest BCUT2D eigenvalue weighted by molar-refractivity contribution is 5.70. The summed E-state index contributed by atoms with van der Waals surface area (Å²) < 4.78 is 5.35. The summed E-state index contributed by atoms with van der Waals surface area (Å²) in [5.74, 6) is 2.03. The molecule has 0 amide bonds. The van der Waals surface area contributed by atoms with Crippen LogP contribution in [0.1, 0.15) is 50.2 Å². The maximum atomic E-state index is 12.1. The van der Waals surface area contributed by atoms with Crippen LogP contribution in [0, 0.1) is 0 Å². The summed E-state index contributed by atoms with van der Waals surface area (Å²) in [5, 5.41) is 3.31. The van der Waals surface area contributed by atoms with Crippen LogP contribution in [-0.2, 0) is 22.4 Å². The van der Waals surface area contributed by atoms with E-state index in [9.17, 15) is 4.79 Å². The van der Waals surface area contributed by atoms with Gasteiger partial charge in [-0.05, 0) is 42.5 Å². The van der Waals surface area contributed by atoms with E-state index in [-0.39, 0.29) is 5.97 Å². The third-order valence-electron chi connectivity index (χ3n) is 6.27. The number of nitrogens with zero attached hydrogens (tertiary/aromatic N) is 4. The van der Waals surface area contributed by atoms with Gasteiger partial charge >= 0.3 is 5.97 Å². The van der Waals surface area contributed by atoms with Gasteiger partial charge in [0.15, 0.2) is 5.82 Å². The van der Waals surface area contributed by atoms with Gasteiger partial charge in [-0.2, -0.15) is 0 Å². The van der Waals surface area contributed by atoms with E-state index in [1.165, 1.54) is 24.0 Å². The second-order valence-electron chi connectivity index (χ2n) is 8.89. The fraction of sp³-hybridized carbons (Fsp3) is 0.429. The van der Waals surface area contributed by atoms with Crippen molar-refractivity contribution in [2.75, 3.05) is 36.5 Å². The first kappa shape index (κ1) is 24.6. The van der Waals surface area contributed by atoms with Gasteiger partial charge < -0.3 is 15.0 Å². The molecule has 2 aromatic heterocycles. The molecule has 3 aromatic rings. The number of carbonyl (C=O) groups is 1. The molecule has 184 valence electrons. The van der Waals surface area contributed by atoms with Crippen molar-refractivity contribution in [1.29, 1.82) is 0 Å². The Morgan fingerprint density at radius 2 is 1.83 bits per heavy atom. The molecule has 4 rings (SSSR count). The number of esters is 1. The van der Waals surface area contributed by atoms with Gasteiger partial charge in [-0.25, -0.2) is 9.97 Å². The highest BCUT2D eigenvalue weighted by Crippen LogP contribution is 2.25. The van der Waals surface area contributed by atoms with Crippen molar-refractivity contribution >= 4 is 17.6 Å².